The smallest absolute Gasteiger partial charge is 0.208 e. The Morgan fingerprint density at radius 1 is 1.17 bits per heavy atom. The van der Waals surface area contributed by atoms with E-state index in [9.17, 15) is 4.39 Å². The van der Waals surface area contributed by atoms with Crippen LogP contribution < -0.4 is 10.1 Å². The highest BCUT2D eigenvalue weighted by Gasteiger charge is 2.20. The zero-order valence-corrected chi connectivity index (χ0v) is 16.2. The Morgan fingerprint density at radius 3 is 2.93 bits per heavy atom. The van der Waals surface area contributed by atoms with Crippen LogP contribution in [0.15, 0.2) is 43.0 Å². The molecular weight excluding hydrogens is 369 g/mol. The number of benzene rings is 1. The van der Waals surface area contributed by atoms with Gasteiger partial charge in [-0.2, -0.15) is 0 Å². The van der Waals surface area contributed by atoms with Crippen molar-refractivity contribution in [3.63, 3.8) is 0 Å². The Hall–Kier alpha value is -3.48. The minimum atomic E-state index is -0.234. The summed E-state index contributed by atoms with van der Waals surface area (Å²) in [7, 11) is 0. The molecule has 1 aliphatic heterocycles. The number of anilines is 1. The molecule has 0 saturated heterocycles. The average Bonchev–Trinajstić information content (AvgIpc) is 3.34. The first-order valence-electron chi connectivity index (χ1n) is 9.54. The molecule has 0 aliphatic carbocycles. The fourth-order valence-corrected chi connectivity index (χ4v) is 3.84. The summed E-state index contributed by atoms with van der Waals surface area (Å²) in [6.07, 6.45) is 8.03. The third-order valence-corrected chi connectivity index (χ3v) is 5.30. The van der Waals surface area contributed by atoms with Gasteiger partial charge in [0, 0.05) is 60.0 Å². The van der Waals surface area contributed by atoms with E-state index in [-0.39, 0.29) is 5.82 Å². The Bertz CT molecular complexity index is 1230. The lowest BCUT2D eigenvalue weighted by atomic mass is 10.0. The molecule has 3 aromatic heterocycles. The van der Waals surface area contributed by atoms with Gasteiger partial charge < -0.3 is 10.1 Å². The van der Waals surface area contributed by atoms with Gasteiger partial charge in [0.25, 0.3) is 0 Å². The average molecular weight is 389 g/mol. The number of imidazole rings is 1. The highest BCUT2D eigenvalue weighted by molar-refractivity contribution is 5.79. The summed E-state index contributed by atoms with van der Waals surface area (Å²) in [6.45, 7) is 4.89. The second-order valence-electron chi connectivity index (χ2n) is 7.22. The standard InChI is InChI=1S/C22H20FN5O/c1-13-5-7-24-9-16(13)18-11-26-22(28-12-14(2)27-21(18)28)25-10-17-15-6-8-29-20(15)4-3-19(17)23/h3-5,7,9,11-12H,6,8,10H2,1-2H3,(H,25,26). The Kier molecular flexibility index (Phi) is 4.16. The van der Waals surface area contributed by atoms with Crippen LogP contribution in [0.2, 0.25) is 0 Å². The first kappa shape index (κ1) is 17.6. The van der Waals surface area contributed by atoms with Gasteiger partial charge in [-0.05, 0) is 37.6 Å². The maximum absolute atomic E-state index is 14.5. The summed E-state index contributed by atoms with van der Waals surface area (Å²) in [5.41, 5.74) is 6.23. The lowest BCUT2D eigenvalue weighted by molar-refractivity contribution is 0.356. The lowest BCUT2D eigenvalue weighted by Gasteiger charge is -2.13. The predicted molar refractivity (Wildman–Crippen MR) is 109 cm³/mol. The van der Waals surface area contributed by atoms with Crippen molar-refractivity contribution in [1.29, 1.82) is 0 Å². The summed E-state index contributed by atoms with van der Waals surface area (Å²) in [5, 5.41) is 3.28. The van der Waals surface area contributed by atoms with Gasteiger partial charge in [0.15, 0.2) is 0 Å². The molecule has 4 heterocycles. The maximum atomic E-state index is 14.5. The van der Waals surface area contributed by atoms with Crippen LogP contribution in [0.5, 0.6) is 5.75 Å². The number of ether oxygens (including phenoxy) is 1. The van der Waals surface area contributed by atoms with Crippen LogP contribution >= 0.6 is 0 Å². The molecule has 0 saturated carbocycles. The quantitative estimate of drug-likeness (QED) is 0.569. The summed E-state index contributed by atoms with van der Waals surface area (Å²) in [4.78, 5) is 13.5. The van der Waals surface area contributed by atoms with Gasteiger partial charge in [0.05, 0.1) is 12.3 Å². The third-order valence-electron chi connectivity index (χ3n) is 5.30. The van der Waals surface area contributed by atoms with E-state index in [0.717, 1.165) is 45.8 Å². The van der Waals surface area contributed by atoms with Crippen molar-refractivity contribution in [3.05, 3.63) is 71.2 Å². The molecule has 0 fully saturated rings. The van der Waals surface area contributed by atoms with Crippen molar-refractivity contribution in [2.75, 3.05) is 11.9 Å². The van der Waals surface area contributed by atoms with Crippen molar-refractivity contribution in [2.24, 2.45) is 0 Å². The molecule has 0 spiro atoms. The van der Waals surface area contributed by atoms with Gasteiger partial charge >= 0.3 is 0 Å². The number of pyridine rings is 1. The molecule has 7 heteroatoms. The second kappa shape index (κ2) is 6.84. The van der Waals surface area contributed by atoms with Gasteiger partial charge in [-0.15, -0.1) is 0 Å². The molecule has 1 N–H and O–H groups in total. The molecule has 146 valence electrons. The molecular formula is C22H20FN5O. The number of rotatable bonds is 4. The van der Waals surface area contributed by atoms with Crippen LogP contribution in [0.4, 0.5) is 10.3 Å². The van der Waals surface area contributed by atoms with Crippen LogP contribution in [0.1, 0.15) is 22.4 Å². The van der Waals surface area contributed by atoms with Crippen LogP contribution in [0.25, 0.3) is 16.8 Å². The van der Waals surface area contributed by atoms with Gasteiger partial charge in [-0.25, -0.2) is 14.4 Å². The molecule has 0 radical (unpaired) electrons. The maximum Gasteiger partial charge on any atom is 0.208 e. The number of halogens is 1. The predicted octanol–water partition coefficient (Wildman–Crippen LogP) is 4.09. The Labute approximate surface area is 167 Å². The van der Waals surface area contributed by atoms with Crippen LogP contribution in [-0.4, -0.2) is 26.0 Å². The van der Waals surface area contributed by atoms with E-state index in [1.54, 1.807) is 18.5 Å². The van der Waals surface area contributed by atoms with E-state index in [0.29, 0.717) is 24.7 Å². The SMILES string of the molecule is Cc1cn2c(NCc3c(F)ccc4c3CCO4)ncc(-c3cnccc3C)c2n1. The number of nitrogens with one attached hydrogen (secondary N) is 1. The van der Waals surface area contributed by atoms with Crippen molar-refractivity contribution >= 4 is 11.6 Å². The van der Waals surface area contributed by atoms with E-state index in [2.05, 4.69) is 20.3 Å². The molecule has 0 amide bonds. The normalized spacial score (nSPS) is 12.8. The number of aromatic nitrogens is 4. The second-order valence-corrected chi connectivity index (χ2v) is 7.22. The first-order valence-corrected chi connectivity index (χ1v) is 9.54. The molecule has 29 heavy (non-hydrogen) atoms. The number of nitrogens with zero attached hydrogens (tertiary/aromatic N) is 4. The fourth-order valence-electron chi connectivity index (χ4n) is 3.84. The minimum Gasteiger partial charge on any atom is -0.493 e. The molecule has 1 aromatic carbocycles. The van der Waals surface area contributed by atoms with Crippen LogP contribution in [-0.2, 0) is 13.0 Å². The number of fused-ring (bicyclic) bond motifs is 2. The van der Waals surface area contributed by atoms with E-state index >= 15 is 0 Å². The highest BCUT2D eigenvalue weighted by atomic mass is 19.1. The van der Waals surface area contributed by atoms with Gasteiger partial charge in [-0.3, -0.25) is 9.38 Å². The van der Waals surface area contributed by atoms with Gasteiger partial charge in [-0.1, -0.05) is 0 Å². The number of hydrogen-bond donors (Lipinski definition) is 1. The van der Waals surface area contributed by atoms with Crippen molar-refractivity contribution in [1.82, 2.24) is 19.4 Å². The summed E-state index contributed by atoms with van der Waals surface area (Å²) < 4.78 is 21.9. The van der Waals surface area contributed by atoms with Gasteiger partial charge in [0.1, 0.15) is 17.2 Å². The fraction of sp³-hybridized carbons (Fsp3) is 0.227. The zero-order valence-electron chi connectivity index (χ0n) is 16.2. The molecule has 0 atom stereocenters. The Balaban J connectivity index is 1.54. The molecule has 0 unspecified atom stereocenters. The van der Waals surface area contributed by atoms with E-state index in [1.807, 2.05) is 36.7 Å². The van der Waals surface area contributed by atoms with Crippen LogP contribution in [0.3, 0.4) is 0 Å². The highest BCUT2D eigenvalue weighted by Crippen LogP contribution is 2.31. The lowest BCUT2D eigenvalue weighted by Crippen LogP contribution is -2.09. The summed E-state index contributed by atoms with van der Waals surface area (Å²) >= 11 is 0. The molecule has 6 nitrogen and oxygen atoms in total. The molecule has 1 aliphatic rings. The summed E-state index contributed by atoms with van der Waals surface area (Å²) in [5.74, 6) is 1.14. The summed E-state index contributed by atoms with van der Waals surface area (Å²) in [6, 6.07) is 5.12. The number of aryl methyl sites for hydroxylation is 2. The van der Waals surface area contributed by atoms with E-state index in [1.165, 1.54) is 6.07 Å². The largest absolute Gasteiger partial charge is 0.493 e. The van der Waals surface area contributed by atoms with Gasteiger partial charge in [0.2, 0.25) is 5.95 Å². The van der Waals surface area contributed by atoms with E-state index < -0.39 is 0 Å². The van der Waals surface area contributed by atoms with Crippen molar-refractivity contribution < 1.29 is 9.13 Å². The molecule has 4 aromatic rings. The van der Waals surface area contributed by atoms with Crippen LogP contribution in [0, 0.1) is 19.7 Å². The third kappa shape index (κ3) is 2.99. The zero-order chi connectivity index (χ0) is 20.0. The molecule has 5 rings (SSSR count). The number of hydrogen-bond acceptors (Lipinski definition) is 5. The minimum absolute atomic E-state index is 0.234. The molecule has 0 bridgehead atoms. The monoisotopic (exact) mass is 389 g/mol. The van der Waals surface area contributed by atoms with E-state index in [4.69, 9.17) is 4.74 Å². The Morgan fingerprint density at radius 2 is 2.07 bits per heavy atom. The van der Waals surface area contributed by atoms with Crippen molar-refractivity contribution in [3.8, 4) is 16.9 Å². The topological polar surface area (TPSA) is 64.3 Å². The van der Waals surface area contributed by atoms with Crippen molar-refractivity contribution in [2.45, 2.75) is 26.8 Å². The first-order chi connectivity index (χ1) is 14.1.